The largest absolute Gasteiger partial charge is 0.294 e. The Morgan fingerprint density at radius 1 is 1.21 bits per heavy atom. The van der Waals surface area contributed by atoms with Gasteiger partial charge in [-0.25, -0.2) is 14.4 Å². The zero-order chi connectivity index (χ0) is 13.4. The van der Waals surface area contributed by atoms with E-state index in [0.717, 1.165) is 18.5 Å². The Kier molecular flexibility index (Phi) is 3.03. The number of ketones is 1. The maximum atomic E-state index is 13.3. The number of carbonyl (C=O) groups is 1. The van der Waals surface area contributed by atoms with E-state index in [2.05, 4.69) is 9.97 Å². The number of fused-ring (bicyclic) bond motifs is 1. The minimum absolute atomic E-state index is 0.0741. The van der Waals surface area contributed by atoms with Gasteiger partial charge in [0.05, 0.1) is 11.3 Å². The standard InChI is InChI=1S/C14H10ClFN2O/c15-9-4-8(5-10(16)6-9)14-17-7-11-12(18-14)2-1-3-13(11)19/h4-7H,1-3H2. The molecule has 0 aliphatic heterocycles. The molecule has 0 saturated carbocycles. The lowest BCUT2D eigenvalue weighted by Gasteiger charge is -2.13. The average Bonchev–Trinajstić information content (AvgIpc) is 2.37. The van der Waals surface area contributed by atoms with E-state index in [4.69, 9.17) is 11.6 Å². The molecule has 0 N–H and O–H groups in total. The van der Waals surface area contributed by atoms with Crippen molar-refractivity contribution in [1.82, 2.24) is 9.97 Å². The monoisotopic (exact) mass is 276 g/mol. The molecule has 1 aromatic carbocycles. The van der Waals surface area contributed by atoms with Crippen LogP contribution in [-0.2, 0) is 6.42 Å². The molecule has 0 bridgehead atoms. The zero-order valence-corrected chi connectivity index (χ0v) is 10.7. The molecule has 0 saturated heterocycles. The molecule has 19 heavy (non-hydrogen) atoms. The number of aromatic nitrogens is 2. The predicted octanol–water partition coefficient (Wildman–Crippen LogP) is 3.46. The van der Waals surface area contributed by atoms with Crippen LogP contribution >= 0.6 is 11.6 Å². The highest BCUT2D eigenvalue weighted by molar-refractivity contribution is 6.30. The third kappa shape index (κ3) is 2.36. The summed E-state index contributed by atoms with van der Waals surface area (Å²) in [5.41, 5.74) is 1.84. The van der Waals surface area contributed by atoms with Crippen molar-refractivity contribution >= 4 is 17.4 Å². The Bertz CT molecular complexity index is 652. The molecular formula is C14H10ClFN2O. The van der Waals surface area contributed by atoms with E-state index in [0.29, 0.717) is 28.4 Å². The Morgan fingerprint density at radius 3 is 2.84 bits per heavy atom. The van der Waals surface area contributed by atoms with E-state index >= 15 is 0 Å². The van der Waals surface area contributed by atoms with Crippen molar-refractivity contribution in [3.05, 3.63) is 46.5 Å². The molecule has 0 fully saturated rings. The summed E-state index contributed by atoms with van der Waals surface area (Å²) in [6.45, 7) is 0. The van der Waals surface area contributed by atoms with Crippen LogP contribution < -0.4 is 0 Å². The lowest BCUT2D eigenvalue weighted by molar-refractivity contribution is 0.0971. The number of aryl methyl sites for hydroxylation is 1. The molecule has 96 valence electrons. The van der Waals surface area contributed by atoms with Gasteiger partial charge in [0.2, 0.25) is 0 Å². The number of halogens is 2. The number of rotatable bonds is 1. The van der Waals surface area contributed by atoms with Crippen LogP contribution in [0.15, 0.2) is 24.4 Å². The smallest absolute Gasteiger partial charge is 0.166 e. The van der Waals surface area contributed by atoms with E-state index in [9.17, 15) is 9.18 Å². The number of nitrogens with zero attached hydrogens (tertiary/aromatic N) is 2. The van der Waals surface area contributed by atoms with E-state index in [1.807, 2.05) is 0 Å². The summed E-state index contributed by atoms with van der Waals surface area (Å²) in [5, 5.41) is 0.299. The lowest BCUT2D eigenvalue weighted by Crippen LogP contribution is -2.13. The van der Waals surface area contributed by atoms with Crippen LogP contribution in [0.3, 0.4) is 0 Å². The fraction of sp³-hybridized carbons (Fsp3) is 0.214. The Hall–Kier alpha value is -1.81. The van der Waals surface area contributed by atoms with Crippen molar-refractivity contribution < 1.29 is 9.18 Å². The molecule has 2 aromatic rings. The van der Waals surface area contributed by atoms with E-state index < -0.39 is 5.82 Å². The molecule has 0 spiro atoms. The van der Waals surface area contributed by atoms with Crippen molar-refractivity contribution in [2.24, 2.45) is 0 Å². The first-order valence-corrected chi connectivity index (χ1v) is 6.37. The van der Waals surface area contributed by atoms with Crippen molar-refractivity contribution in [2.45, 2.75) is 19.3 Å². The second-order valence-corrected chi connectivity index (χ2v) is 4.93. The lowest BCUT2D eigenvalue weighted by atomic mass is 9.96. The number of hydrogen-bond donors (Lipinski definition) is 0. The van der Waals surface area contributed by atoms with Gasteiger partial charge in [0.15, 0.2) is 11.6 Å². The van der Waals surface area contributed by atoms with Crippen LogP contribution in [0.5, 0.6) is 0 Å². The fourth-order valence-corrected chi connectivity index (χ4v) is 2.44. The first-order chi connectivity index (χ1) is 9.13. The summed E-state index contributed by atoms with van der Waals surface area (Å²) in [7, 11) is 0. The molecule has 0 atom stereocenters. The van der Waals surface area contributed by atoms with Gasteiger partial charge in [-0.3, -0.25) is 4.79 Å². The van der Waals surface area contributed by atoms with Gasteiger partial charge >= 0.3 is 0 Å². The average molecular weight is 277 g/mol. The van der Waals surface area contributed by atoms with Gasteiger partial charge in [0, 0.05) is 23.2 Å². The van der Waals surface area contributed by atoms with Gasteiger partial charge < -0.3 is 0 Å². The Morgan fingerprint density at radius 2 is 2.05 bits per heavy atom. The summed E-state index contributed by atoms with van der Waals surface area (Å²) in [6.07, 6.45) is 3.62. The molecule has 0 radical (unpaired) electrons. The third-order valence-electron chi connectivity index (χ3n) is 3.11. The fourth-order valence-electron chi connectivity index (χ4n) is 2.21. The predicted molar refractivity (Wildman–Crippen MR) is 69.7 cm³/mol. The molecule has 3 rings (SSSR count). The number of Topliss-reactive ketones (excluding diaryl/α,β-unsaturated/α-hetero) is 1. The molecule has 0 unspecified atom stereocenters. The summed E-state index contributed by atoms with van der Waals surface area (Å²) in [4.78, 5) is 20.2. The maximum absolute atomic E-state index is 13.3. The quantitative estimate of drug-likeness (QED) is 0.801. The summed E-state index contributed by atoms with van der Waals surface area (Å²) >= 11 is 5.82. The van der Waals surface area contributed by atoms with Gasteiger partial charge in [-0.1, -0.05) is 11.6 Å². The third-order valence-corrected chi connectivity index (χ3v) is 3.32. The highest BCUT2D eigenvalue weighted by Gasteiger charge is 2.19. The summed E-state index contributed by atoms with van der Waals surface area (Å²) in [6, 6.07) is 4.17. The van der Waals surface area contributed by atoms with Crippen molar-refractivity contribution in [1.29, 1.82) is 0 Å². The molecule has 3 nitrogen and oxygen atoms in total. The molecule has 5 heteroatoms. The minimum atomic E-state index is -0.431. The van der Waals surface area contributed by atoms with E-state index in [1.54, 1.807) is 6.07 Å². The normalized spacial score (nSPS) is 14.3. The number of hydrogen-bond acceptors (Lipinski definition) is 3. The van der Waals surface area contributed by atoms with Crippen LogP contribution in [0.4, 0.5) is 4.39 Å². The summed E-state index contributed by atoms with van der Waals surface area (Å²) < 4.78 is 13.3. The first kappa shape index (κ1) is 12.2. The van der Waals surface area contributed by atoms with Gasteiger partial charge in [-0.15, -0.1) is 0 Å². The van der Waals surface area contributed by atoms with Crippen LogP contribution in [0.2, 0.25) is 5.02 Å². The van der Waals surface area contributed by atoms with Crippen LogP contribution in [-0.4, -0.2) is 15.8 Å². The SMILES string of the molecule is O=C1CCCc2nc(-c3cc(F)cc(Cl)c3)ncc21. The maximum Gasteiger partial charge on any atom is 0.166 e. The van der Waals surface area contributed by atoms with Crippen LogP contribution in [0.25, 0.3) is 11.4 Å². The minimum Gasteiger partial charge on any atom is -0.294 e. The zero-order valence-electron chi connectivity index (χ0n) is 9.99. The molecule has 0 amide bonds. The Balaban J connectivity index is 2.09. The van der Waals surface area contributed by atoms with Crippen LogP contribution in [0, 0.1) is 5.82 Å². The van der Waals surface area contributed by atoms with Crippen LogP contribution in [0.1, 0.15) is 28.9 Å². The first-order valence-electron chi connectivity index (χ1n) is 5.99. The molecule has 1 heterocycles. The topological polar surface area (TPSA) is 42.9 Å². The highest BCUT2D eigenvalue weighted by atomic mass is 35.5. The number of benzene rings is 1. The van der Waals surface area contributed by atoms with Gasteiger partial charge in [0.25, 0.3) is 0 Å². The van der Waals surface area contributed by atoms with Gasteiger partial charge in [-0.05, 0) is 31.0 Å². The van der Waals surface area contributed by atoms with Crippen molar-refractivity contribution in [2.75, 3.05) is 0 Å². The van der Waals surface area contributed by atoms with Crippen molar-refractivity contribution in [3.63, 3.8) is 0 Å². The molecule has 1 aliphatic carbocycles. The summed E-state index contributed by atoms with van der Waals surface area (Å²) in [5.74, 6) is 0.0415. The van der Waals surface area contributed by atoms with E-state index in [1.165, 1.54) is 18.3 Å². The van der Waals surface area contributed by atoms with Gasteiger partial charge in [-0.2, -0.15) is 0 Å². The highest BCUT2D eigenvalue weighted by Crippen LogP contribution is 2.25. The number of carbonyl (C=O) groups excluding carboxylic acids is 1. The second kappa shape index (κ2) is 4.70. The van der Waals surface area contributed by atoms with E-state index in [-0.39, 0.29) is 5.78 Å². The molecule has 1 aromatic heterocycles. The Labute approximate surface area is 114 Å². The van der Waals surface area contributed by atoms with Crippen molar-refractivity contribution in [3.8, 4) is 11.4 Å². The van der Waals surface area contributed by atoms with Gasteiger partial charge in [0.1, 0.15) is 5.82 Å². The molecular weight excluding hydrogens is 267 g/mol. The second-order valence-electron chi connectivity index (χ2n) is 4.49. The molecule has 1 aliphatic rings.